The van der Waals surface area contributed by atoms with E-state index in [4.69, 9.17) is 4.74 Å². The largest absolute Gasteiger partial charge is 0.468 e. The third-order valence-corrected chi connectivity index (χ3v) is 2.87. The summed E-state index contributed by atoms with van der Waals surface area (Å²) in [4.78, 5) is 13.6. The van der Waals surface area contributed by atoms with Crippen molar-refractivity contribution in [2.75, 3.05) is 13.7 Å². The second kappa shape index (κ2) is 4.78. The lowest BCUT2D eigenvalue weighted by Crippen LogP contribution is -2.45. The predicted molar refractivity (Wildman–Crippen MR) is 56.0 cm³/mol. The van der Waals surface area contributed by atoms with Gasteiger partial charge in [0.25, 0.3) is 0 Å². The van der Waals surface area contributed by atoms with Gasteiger partial charge in [-0.2, -0.15) is 0 Å². The van der Waals surface area contributed by atoms with Gasteiger partial charge in [0.1, 0.15) is 6.04 Å². The Bertz CT molecular complexity index is 199. The Kier molecular flexibility index (Phi) is 3.93. The molecule has 1 aliphatic carbocycles. The summed E-state index contributed by atoms with van der Waals surface area (Å²) >= 11 is 0. The topological polar surface area (TPSA) is 29.5 Å². The number of nitrogens with zero attached hydrogens (tertiary/aromatic N) is 1. The van der Waals surface area contributed by atoms with Crippen LogP contribution < -0.4 is 0 Å². The van der Waals surface area contributed by atoms with Crippen molar-refractivity contribution in [1.82, 2.24) is 4.90 Å². The molecule has 1 aliphatic rings. The maximum absolute atomic E-state index is 11.4. The number of carbonyl (C=O) groups excluding carboxylic acids is 1. The minimum absolute atomic E-state index is 0.111. The van der Waals surface area contributed by atoms with E-state index in [1.165, 1.54) is 20.0 Å². The number of carbonyl (C=O) groups is 1. The number of rotatable bonds is 5. The molecule has 1 fully saturated rings. The molecular weight excluding hydrogens is 178 g/mol. The van der Waals surface area contributed by atoms with Crippen LogP contribution in [0.1, 0.15) is 33.6 Å². The smallest absolute Gasteiger partial charge is 0.322 e. The van der Waals surface area contributed by atoms with E-state index in [0.29, 0.717) is 6.04 Å². The van der Waals surface area contributed by atoms with Crippen molar-refractivity contribution in [3.05, 3.63) is 0 Å². The van der Waals surface area contributed by atoms with E-state index in [-0.39, 0.29) is 12.0 Å². The Morgan fingerprint density at radius 3 is 2.36 bits per heavy atom. The fourth-order valence-corrected chi connectivity index (χ4v) is 1.72. The van der Waals surface area contributed by atoms with Gasteiger partial charge in [-0.05, 0) is 39.5 Å². The quantitative estimate of drug-likeness (QED) is 0.631. The van der Waals surface area contributed by atoms with Crippen molar-refractivity contribution in [2.24, 2.45) is 5.92 Å². The average molecular weight is 199 g/mol. The first-order chi connectivity index (χ1) is 6.56. The standard InChI is InChI=1S/C11H21NO2/c1-8(2)12(7-10-5-6-10)9(3)11(13)14-4/h8-10H,5-7H2,1-4H3. The number of methoxy groups -OCH3 is 1. The van der Waals surface area contributed by atoms with E-state index >= 15 is 0 Å². The minimum Gasteiger partial charge on any atom is -0.468 e. The van der Waals surface area contributed by atoms with Crippen molar-refractivity contribution < 1.29 is 9.53 Å². The van der Waals surface area contributed by atoms with Crippen LogP contribution in [0.5, 0.6) is 0 Å². The van der Waals surface area contributed by atoms with Gasteiger partial charge in [-0.3, -0.25) is 9.69 Å². The zero-order valence-corrected chi connectivity index (χ0v) is 9.62. The normalized spacial score (nSPS) is 18.7. The van der Waals surface area contributed by atoms with Gasteiger partial charge in [-0.15, -0.1) is 0 Å². The SMILES string of the molecule is COC(=O)C(C)N(CC1CC1)C(C)C. The van der Waals surface area contributed by atoms with Crippen LogP contribution >= 0.6 is 0 Å². The summed E-state index contributed by atoms with van der Waals surface area (Å²) in [6, 6.07) is 0.297. The Morgan fingerprint density at radius 2 is 2.00 bits per heavy atom. The Balaban J connectivity index is 2.50. The van der Waals surface area contributed by atoms with Crippen LogP contribution in [-0.2, 0) is 9.53 Å². The number of hydrogen-bond donors (Lipinski definition) is 0. The summed E-state index contributed by atoms with van der Waals surface area (Å²) in [5.41, 5.74) is 0. The molecule has 0 radical (unpaired) electrons. The number of esters is 1. The Hall–Kier alpha value is -0.570. The van der Waals surface area contributed by atoms with Crippen LogP contribution in [0.15, 0.2) is 0 Å². The summed E-state index contributed by atoms with van der Waals surface area (Å²) in [6.07, 6.45) is 2.63. The van der Waals surface area contributed by atoms with Crippen molar-refractivity contribution in [2.45, 2.75) is 45.7 Å². The third kappa shape index (κ3) is 2.98. The van der Waals surface area contributed by atoms with E-state index < -0.39 is 0 Å². The van der Waals surface area contributed by atoms with Crippen molar-refractivity contribution in [3.63, 3.8) is 0 Å². The lowest BCUT2D eigenvalue weighted by atomic mass is 10.2. The molecule has 0 bridgehead atoms. The van der Waals surface area contributed by atoms with E-state index in [1.54, 1.807) is 0 Å². The van der Waals surface area contributed by atoms with Gasteiger partial charge >= 0.3 is 5.97 Å². The van der Waals surface area contributed by atoms with Crippen molar-refractivity contribution in [1.29, 1.82) is 0 Å². The molecule has 1 saturated carbocycles. The fraction of sp³-hybridized carbons (Fsp3) is 0.909. The molecule has 0 spiro atoms. The Labute approximate surface area is 86.4 Å². The summed E-state index contributed by atoms with van der Waals surface area (Å²) < 4.78 is 4.76. The second-order valence-corrected chi connectivity index (χ2v) is 4.43. The highest BCUT2D eigenvalue weighted by Gasteiger charge is 2.30. The van der Waals surface area contributed by atoms with E-state index in [2.05, 4.69) is 18.7 Å². The summed E-state index contributed by atoms with van der Waals surface area (Å²) in [7, 11) is 1.45. The molecule has 0 saturated heterocycles. The second-order valence-electron chi connectivity index (χ2n) is 4.43. The third-order valence-electron chi connectivity index (χ3n) is 2.87. The van der Waals surface area contributed by atoms with Crippen LogP contribution in [0.25, 0.3) is 0 Å². The van der Waals surface area contributed by atoms with Gasteiger partial charge < -0.3 is 4.74 Å². The van der Waals surface area contributed by atoms with E-state index in [0.717, 1.165) is 12.5 Å². The molecule has 0 N–H and O–H groups in total. The molecule has 0 amide bonds. The van der Waals surface area contributed by atoms with Crippen LogP contribution in [0.3, 0.4) is 0 Å². The first-order valence-corrected chi connectivity index (χ1v) is 5.39. The summed E-state index contributed by atoms with van der Waals surface area (Å²) in [5, 5.41) is 0. The molecular formula is C11H21NO2. The average Bonchev–Trinajstić information content (AvgIpc) is 2.95. The zero-order valence-electron chi connectivity index (χ0n) is 9.62. The molecule has 1 unspecified atom stereocenters. The van der Waals surface area contributed by atoms with Crippen molar-refractivity contribution >= 4 is 5.97 Å². The molecule has 3 nitrogen and oxygen atoms in total. The first-order valence-electron chi connectivity index (χ1n) is 5.39. The highest BCUT2D eigenvalue weighted by Crippen LogP contribution is 2.31. The molecule has 0 aromatic heterocycles. The van der Waals surface area contributed by atoms with Crippen molar-refractivity contribution in [3.8, 4) is 0 Å². The monoisotopic (exact) mass is 199 g/mol. The molecule has 1 rings (SSSR count). The number of hydrogen-bond acceptors (Lipinski definition) is 3. The highest BCUT2D eigenvalue weighted by molar-refractivity contribution is 5.75. The van der Waals surface area contributed by atoms with Gasteiger partial charge in [0, 0.05) is 12.6 Å². The van der Waals surface area contributed by atoms with Crippen LogP contribution in [0.2, 0.25) is 0 Å². The molecule has 82 valence electrons. The van der Waals surface area contributed by atoms with Crippen LogP contribution in [-0.4, -0.2) is 36.6 Å². The number of ether oxygens (including phenoxy) is 1. The molecule has 0 aromatic carbocycles. The van der Waals surface area contributed by atoms with Gasteiger partial charge in [0.2, 0.25) is 0 Å². The lowest BCUT2D eigenvalue weighted by molar-refractivity contribution is -0.147. The lowest BCUT2D eigenvalue weighted by Gasteiger charge is -2.30. The zero-order chi connectivity index (χ0) is 10.7. The van der Waals surface area contributed by atoms with Gasteiger partial charge in [-0.25, -0.2) is 0 Å². The Morgan fingerprint density at radius 1 is 1.43 bits per heavy atom. The molecule has 1 atom stereocenters. The van der Waals surface area contributed by atoms with Gasteiger partial charge in [0.05, 0.1) is 7.11 Å². The maximum atomic E-state index is 11.4. The summed E-state index contributed by atoms with van der Waals surface area (Å²) in [5.74, 6) is 0.684. The first kappa shape index (κ1) is 11.5. The van der Waals surface area contributed by atoms with Crippen LogP contribution in [0.4, 0.5) is 0 Å². The molecule has 0 aliphatic heterocycles. The highest BCUT2D eigenvalue weighted by atomic mass is 16.5. The van der Waals surface area contributed by atoms with E-state index in [9.17, 15) is 4.79 Å². The maximum Gasteiger partial charge on any atom is 0.322 e. The molecule has 0 aromatic rings. The molecule has 3 heteroatoms. The molecule has 0 heterocycles. The van der Waals surface area contributed by atoms with Gasteiger partial charge in [0.15, 0.2) is 0 Å². The minimum atomic E-state index is -0.126. The summed E-state index contributed by atoms with van der Waals surface area (Å²) in [6.45, 7) is 7.21. The predicted octanol–water partition coefficient (Wildman–Crippen LogP) is 1.67. The van der Waals surface area contributed by atoms with E-state index in [1.807, 2.05) is 6.92 Å². The fourth-order valence-electron chi connectivity index (χ4n) is 1.72. The molecule has 14 heavy (non-hydrogen) atoms. The van der Waals surface area contributed by atoms with Crippen LogP contribution in [0, 0.1) is 5.92 Å². The van der Waals surface area contributed by atoms with Gasteiger partial charge in [-0.1, -0.05) is 0 Å².